The molecule has 5 aliphatic carbocycles. The quantitative estimate of drug-likeness (QED) is 0.0332. The molecule has 140 heavy (non-hydrogen) atoms. The number of imide groups is 1. The van der Waals surface area contributed by atoms with Gasteiger partial charge in [-0.1, -0.05) is 84.6 Å². The number of aliphatic hydroxyl groups is 23. The highest BCUT2D eigenvalue weighted by atomic mass is 16.7. The Hall–Kier alpha value is -10.3. The van der Waals surface area contributed by atoms with E-state index in [9.17, 15) is 151 Å². The maximum Gasteiger partial charge on any atom is 0.246 e. The number of amides is 6. The molecule has 6 aliphatic rings. The number of hydrogen-bond acceptors (Lipinski definition) is 40. The molecule has 6 amide bonds. The average Bonchev–Trinajstić information content (AvgIpc) is 0.792. The van der Waals surface area contributed by atoms with E-state index in [4.69, 9.17) is 38.9 Å². The molecule has 0 radical (unpaired) electrons. The van der Waals surface area contributed by atoms with Crippen LogP contribution in [0.15, 0.2) is 106 Å². The van der Waals surface area contributed by atoms with Crippen LogP contribution in [0.25, 0.3) is 0 Å². The van der Waals surface area contributed by atoms with E-state index in [2.05, 4.69) is 50.7 Å². The van der Waals surface area contributed by atoms with Crippen molar-refractivity contribution in [1.82, 2.24) is 36.3 Å². The Balaban J connectivity index is 0.816. The van der Waals surface area contributed by atoms with Gasteiger partial charge in [-0.15, -0.1) is 5.10 Å². The fourth-order valence-corrected chi connectivity index (χ4v) is 20.0. The van der Waals surface area contributed by atoms with Crippen molar-refractivity contribution in [1.29, 1.82) is 0 Å². The number of rotatable bonds is 30. The maximum atomic E-state index is 14.9. The maximum absolute atomic E-state index is 14.9. The summed E-state index contributed by atoms with van der Waals surface area (Å²) in [5.41, 5.74) is 9.23. The first-order chi connectivity index (χ1) is 66.2. The number of phenols is 1. The molecule has 46 heteroatoms. The highest BCUT2D eigenvalue weighted by molar-refractivity contribution is 6.01. The predicted molar refractivity (Wildman–Crippen MR) is 491 cm³/mol. The van der Waals surface area contributed by atoms with Crippen LogP contribution in [0.3, 0.4) is 0 Å². The Morgan fingerprint density at radius 1 is 0.471 bits per heavy atom. The first kappa shape index (κ1) is 113. The Morgan fingerprint density at radius 2 is 0.879 bits per heavy atom. The van der Waals surface area contributed by atoms with Crippen LogP contribution in [0, 0.1) is 28.6 Å². The summed E-state index contributed by atoms with van der Waals surface area (Å²) >= 11 is 0. The molecule has 0 spiro atoms. The lowest BCUT2D eigenvalue weighted by atomic mass is 9.49. The van der Waals surface area contributed by atoms with E-state index in [1.54, 1.807) is 19.9 Å². The number of nitrogens with one attached hydrogen (secondary N) is 5. The van der Waals surface area contributed by atoms with Gasteiger partial charge in [0.15, 0.2) is 69.1 Å². The SMILES string of the molecule is CC(C)[C@H](NC(=O)[C@H](N)CCCCNC(=O)COC1CCCCCc2c1nnn2CCC1OC(O)/C(O)=C(/O)C(CCO)OC(O)/C(O)=C(/O)C(CCO)OC(O)/C(O)=C(/O)C(CCO)OC(O)/C(O)=C(/O)C(CCO)OC(O)/C(O)=C(\O)C(CCO)OC(O)/C(O)=C/1O)C(=O)N[C@@H](C)C(=O)Nc1ccc2c(c1)[C@@]1(C)CCC[C@](C)(C(=O)NC(=O)[C@@]3(C)CCC[C@]4(C)c5cc(O)ccc5CC[C@@H]34)[C@@H]1CC2. The molecule has 9 rings (SSSR count). The average molecular weight is 1990 g/mol. The van der Waals surface area contributed by atoms with E-state index >= 15 is 0 Å². The fraction of sp³-hybridized carbons (Fsp3) is 0.660. The second-order valence-electron chi connectivity index (χ2n) is 37.8. The zero-order valence-corrected chi connectivity index (χ0v) is 79.5. The summed E-state index contributed by atoms with van der Waals surface area (Å²) in [4.78, 5) is 84.7. The Kier molecular flexibility index (Phi) is 40.9. The number of anilines is 1. The normalized spacial score (nSPS) is 33.1. The van der Waals surface area contributed by atoms with Crippen LogP contribution in [0.2, 0.25) is 0 Å². The van der Waals surface area contributed by atoms with Gasteiger partial charge in [0.25, 0.3) is 0 Å². The van der Waals surface area contributed by atoms with Crippen molar-refractivity contribution in [3.63, 3.8) is 0 Å². The second kappa shape index (κ2) is 50.6. The zero-order valence-electron chi connectivity index (χ0n) is 79.5. The topological polar surface area (TPSA) is 769 Å². The van der Waals surface area contributed by atoms with Crippen molar-refractivity contribution in [3.05, 3.63) is 139 Å². The van der Waals surface area contributed by atoms with Crippen molar-refractivity contribution < 1.29 is 184 Å². The smallest absolute Gasteiger partial charge is 0.246 e. The standard InChI is InChI=1S/C94H141N9O37/c1-46(2)66(82(125)97-47(3)80(123)98-50-22-18-48-20-24-63-91(4,52(48)43-50)32-13-34-93(63,6)89(132)100-90(133)94(7)35-14-33-92(5)53-44-51(109)23-19-49(53)21-25-64(92)94)99-81(124)54(95)15-11-12-36-96-65(110)45-134-56-17-10-8-9-16-55-67(56)101-102-103(55)37-26-57-68(111)74(117)84(127)136-59(28-39-105)70(113)76(119)86(129)138-61(30-41-107)72(115)78(121)88(131)140-62(31-42-108)73(116)79(122)87(130)139-60(29-40-106)71(114)77(120)85(128)137-58(27-38-104)69(112)75(118)83(126)135-57/h18-19,22-23,43-44,46-47,54,56-64,66,83-88,104-109,111-122,126-131H,8-17,20-21,24-42,45,95H2,1-7H3,(H,96,110)(H,97,125)(H,98,123)(H,99,124)(H,100,132,133)/b74-68+,75-69-,76-70+,77-71-,78-72-,79-73-/t47-,54+,56?,57?,58?,59?,60?,61?,62?,63+,64+,66-,83?,84?,85?,86?,87?,88?,91+,92+,93-,94-/m0/s1. The molecule has 784 valence electrons. The number of aromatic nitrogens is 3. The molecule has 13 unspecified atom stereocenters. The first-order valence-corrected chi connectivity index (χ1v) is 47.3. The lowest BCUT2D eigenvalue weighted by molar-refractivity contribution is -0.162. The van der Waals surface area contributed by atoms with Gasteiger partial charge < -0.3 is 183 Å². The molecule has 0 bridgehead atoms. The van der Waals surface area contributed by atoms with E-state index in [0.29, 0.717) is 75.6 Å². The van der Waals surface area contributed by atoms with Crippen LogP contribution in [0.1, 0.15) is 223 Å². The molecular weight excluding hydrogens is 1850 g/mol. The second-order valence-corrected chi connectivity index (χ2v) is 37.8. The minimum absolute atomic E-state index is 0.0450. The number of ether oxygens (including phenoxy) is 7. The molecule has 31 N–H and O–H groups in total. The van der Waals surface area contributed by atoms with Gasteiger partial charge in [-0.2, -0.15) is 0 Å². The highest BCUT2D eigenvalue weighted by Gasteiger charge is 2.59. The molecule has 22 atom stereocenters. The third-order valence-electron chi connectivity index (χ3n) is 27.9. The molecular formula is C94H141N9O37. The van der Waals surface area contributed by atoms with Crippen molar-refractivity contribution in [3.8, 4) is 5.75 Å². The van der Waals surface area contributed by atoms with Crippen LogP contribution in [-0.4, -0.2) is 312 Å². The summed E-state index contributed by atoms with van der Waals surface area (Å²) in [5, 5.41) is 284. The van der Waals surface area contributed by atoms with E-state index in [-0.39, 0.29) is 59.9 Å². The molecule has 2 heterocycles. The van der Waals surface area contributed by atoms with Gasteiger partial charge in [0.05, 0.1) is 22.6 Å². The van der Waals surface area contributed by atoms with Gasteiger partial charge in [-0.3, -0.25) is 34.1 Å². The van der Waals surface area contributed by atoms with Crippen molar-refractivity contribution in [2.75, 3.05) is 51.5 Å². The van der Waals surface area contributed by atoms with E-state index < -0.39 is 298 Å². The number of hydrogen-bond donors (Lipinski definition) is 30. The number of benzene rings is 2. The predicted octanol–water partition coefficient (Wildman–Crippen LogP) is 3.92. The highest BCUT2D eigenvalue weighted by Crippen LogP contribution is 2.60. The molecule has 2 saturated carbocycles. The number of aryl methyl sites for hydroxylation is 3. The zero-order chi connectivity index (χ0) is 103. The van der Waals surface area contributed by atoms with Crippen LogP contribution in [-0.2, 0) is 98.6 Å². The lowest BCUT2D eigenvalue weighted by Gasteiger charge is -2.56. The Labute approximate surface area is 807 Å². The fourth-order valence-electron chi connectivity index (χ4n) is 20.0. The molecule has 2 aromatic carbocycles. The number of fused-ring (bicyclic) bond motifs is 7. The third-order valence-corrected chi connectivity index (χ3v) is 27.9. The number of aliphatic hydroxyl groups excluding tert-OH is 23. The van der Waals surface area contributed by atoms with E-state index in [1.807, 2.05) is 44.2 Å². The largest absolute Gasteiger partial charge is 0.508 e. The van der Waals surface area contributed by atoms with Gasteiger partial charge in [-0.05, 0) is 172 Å². The van der Waals surface area contributed by atoms with Gasteiger partial charge in [0, 0.05) is 90.3 Å². The number of nitrogens with zero attached hydrogens (tertiary/aromatic N) is 3. The molecule has 3 aromatic rings. The van der Waals surface area contributed by atoms with Crippen LogP contribution >= 0.6 is 0 Å². The molecule has 2 fully saturated rings. The number of unbranched alkanes of at least 4 members (excludes halogenated alkanes) is 1. The van der Waals surface area contributed by atoms with Crippen LogP contribution < -0.4 is 32.3 Å². The van der Waals surface area contributed by atoms with Gasteiger partial charge in [0.1, 0.15) is 72.9 Å². The number of aromatic hydroxyl groups is 1. The van der Waals surface area contributed by atoms with Crippen molar-refractivity contribution in [2.45, 2.75) is 319 Å². The molecule has 0 saturated heterocycles. The Bertz CT molecular complexity index is 4940. The number of nitrogens with two attached hydrogens (primary N) is 1. The molecule has 46 nitrogen and oxygen atoms in total. The number of phenolic OH excluding ortho intramolecular Hbond substituents is 1. The van der Waals surface area contributed by atoms with Gasteiger partial charge in [0.2, 0.25) is 73.2 Å². The van der Waals surface area contributed by atoms with Crippen molar-refractivity contribution in [2.24, 2.45) is 34.3 Å². The molecule has 1 aromatic heterocycles. The minimum Gasteiger partial charge on any atom is -0.508 e. The van der Waals surface area contributed by atoms with Crippen molar-refractivity contribution >= 4 is 41.1 Å². The van der Waals surface area contributed by atoms with Crippen LogP contribution in [0.4, 0.5) is 5.69 Å². The summed E-state index contributed by atoms with van der Waals surface area (Å²) in [6, 6.07) is 7.96. The summed E-state index contributed by atoms with van der Waals surface area (Å²) < 4.78 is 38.8. The molecule has 1 aliphatic heterocycles. The summed E-state index contributed by atoms with van der Waals surface area (Å²) in [5.74, 6) is -22.6. The summed E-state index contributed by atoms with van der Waals surface area (Å²) in [7, 11) is 0. The monoisotopic (exact) mass is 1990 g/mol. The number of carbonyl (C=O) groups excluding carboxylic acids is 6. The van der Waals surface area contributed by atoms with E-state index in [0.717, 1.165) is 55.2 Å². The lowest BCUT2D eigenvalue weighted by Crippen LogP contribution is -2.60. The summed E-state index contributed by atoms with van der Waals surface area (Å²) in [6.45, 7) is 7.40. The number of carbonyl (C=O) groups is 6. The summed E-state index contributed by atoms with van der Waals surface area (Å²) in [6.07, 6.45) is -26.4. The first-order valence-electron chi connectivity index (χ1n) is 47.3. The van der Waals surface area contributed by atoms with Crippen LogP contribution in [0.5, 0.6) is 5.75 Å². The third kappa shape index (κ3) is 27.0. The Morgan fingerprint density at radius 3 is 1.29 bits per heavy atom. The van der Waals surface area contributed by atoms with Gasteiger partial charge in [-0.25, -0.2) is 4.68 Å². The van der Waals surface area contributed by atoms with Gasteiger partial charge >= 0.3 is 0 Å². The minimum atomic E-state index is -2.92. The van der Waals surface area contributed by atoms with E-state index in [1.165, 1.54) is 17.2 Å².